The Labute approximate surface area is 133 Å². The summed E-state index contributed by atoms with van der Waals surface area (Å²) in [5, 5.41) is 4.71. The Balaban J connectivity index is 1.77. The zero-order valence-electron chi connectivity index (χ0n) is 12.2. The molecule has 0 saturated carbocycles. The number of halogens is 1. The minimum Gasteiger partial charge on any atom is -0.374 e. The van der Waals surface area contributed by atoms with Crippen LogP contribution in [0.4, 0.5) is 5.82 Å². The molecule has 1 N–H and O–H groups in total. The summed E-state index contributed by atoms with van der Waals surface area (Å²) >= 11 is 7.70. The molecule has 5 nitrogen and oxygen atoms in total. The van der Waals surface area contributed by atoms with Crippen molar-refractivity contribution in [2.75, 3.05) is 38.6 Å². The molecule has 0 aromatic carbocycles. The minimum atomic E-state index is 0.178. The average Bonchev–Trinajstić information content (AvgIpc) is 2.87. The van der Waals surface area contributed by atoms with Crippen molar-refractivity contribution in [2.45, 2.75) is 19.4 Å². The third-order valence-electron chi connectivity index (χ3n) is 3.60. The number of nitrogens with zero attached hydrogens (tertiary/aromatic N) is 3. The van der Waals surface area contributed by atoms with E-state index in [1.54, 1.807) is 11.3 Å². The number of nitrogens with one attached hydrogen (secondary N) is 1. The van der Waals surface area contributed by atoms with Crippen LogP contribution in [0.25, 0.3) is 10.2 Å². The monoisotopic (exact) mass is 326 g/mol. The van der Waals surface area contributed by atoms with Gasteiger partial charge in [0.2, 0.25) is 5.28 Å². The van der Waals surface area contributed by atoms with E-state index in [0.717, 1.165) is 48.7 Å². The molecule has 0 radical (unpaired) electrons. The normalized spacial score (nSPS) is 20.0. The molecule has 0 spiro atoms. The van der Waals surface area contributed by atoms with Gasteiger partial charge < -0.3 is 15.0 Å². The maximum atomic E-state index is 6.03. The Kier molecular flexibility index (Phi) is 4.59. The highest BCUT2D eigenvalue weighted by Crippen LogP contribution is 2.30. The summed E-state index contributed by atoms with van der Waals surface area (Å²) in [6.45, 7) is 5.56. The Morgan fingerprint density at radius 2 is 2.38 bits per heavy atom. The molecule has 1 atom stereocenters. The second-order valence-corrected chi connectivity index (χ2v) is 6.72. The predicted molar refractivity (Wildman–Crippen MR) is 87.5 cm³/mol. The van der Waals surface area contributed by atoms with E-state index in [4.69, 9.17) is 16.3 Å². The quantitative estimate of drug-likeness (QED) is 0.875. The summed E-state index contributed by atoms with van der Waals surface area (Å²) < 4.78 is 5.76. The van der Waals surface area contributed by atoms with E-state index >= 15 is 0 Å². The highest BCUT2D eigenvalue weighted by Gasteiger charge is 2.18. The zero-order valence-corrected chi connectivity index (χ0v) is 13.8. The lowest BCUT2D eigenvalue weighted by atomic mass is 10.2. The molecule has 7 heteroatoms. The highest BCUT2D eigenvalue weighted by atomic mass is 35.5. The molecule has 0 amide bonds. The standard InChI is InChI=1S/C14H19ClN4OS/c1-3-10-6-11-12(17-14(15)18-13(11)21-10)16-7-9-8-19(2)4-5-20-9/h6,9H,3-5,7-8H2,1-2H3,(H,16,17,18). The number of aromatic nitrogens is 2. The molecule has 1 saturated heterocycles. The van der Waals surface area contributed by atoms with Crippen LogP contribution >= 0.6 is 22.9 Å². The van der Waals surface area contributed by atoms with Gasteiger partial charge in [-0.1, -0.05) is 6.92 Å². The largest absolute Gasteiger partial charge is 0.374 e. The van der Waals surface area contributed by atoms with Crippen molar-refractivity contribution < 1.29 is 4.74 Å². The summed E-state index contributed by atoms with van der Waals surface area (Å²) in [5.74, 6) is 0.803. The van der Waals surface area contributed by atoms with Crippen LogP contribution in [-0.4, -0.2) is 54.3 Å². The molecule has 2 aromatic heterocycles. The van der Waals surface area contributed by atoms with Crippen molar-refractivity contribution >= 4 is 39.0 Å². The molecule has 1 unspecified atom stereocenters. The molecule has 1 aliphatic rings. The van der Waals surface area contributed by atoms with Crippen LogP contribution in [-0.2, 0) is 11.2 Å². The third-order valence-corrected chi connectivity index (χ3v) is 4.95. The molecule has 114 valence electrons. The van der Waals surface area contributed by atoms with Crippen LogP contribution in [0.15, 0.2) is 6.07 Å². The number of rotatable bonds is 4. The first-order valence-electron chi connectivity index (χ1n) is 7.15. The van der Waals surface area contributed by atoms with E-state index in [1.807, 2.05) is 0 Å². The number of anilines is 1. The second kappa shape index (κ2) is 6.44. The molecule has 1 aliphatic heterocycles. The number of morpholine rings is 1. The van der Waals surface area contributed by atoms with Crippen LogP contribution in [0, 0.1) is 0 Å². The number of likely N-dealkylation sites (N-methyl/N-ethyl adjacent to an activating group) is 1. The van der Waals surface area contributed by atoms with Crippen LogP contribution in [0.2, 0.25) is 5.28 Å². The van der Waals surface area contributed by atoms with E-state index in [2.05, 4.69) is 40.2 Å². The number of aryl methyl sites for hydroxylation is 1. The van der Waals surface area contributed by atoms with Gasteiger partial charge in [0.15, 0.2) is 0 Å². The molecule has 21 heavy (non-hydrogen) atoms. The number of ether oxygens (including phenoxy) is 1. The molecular weight excluding hydrogens is 308 g/mol. The first kappa shape index (κ1) is 15.0. The van der Waals surface area contributed by atoms with Gasteiger partial charge in [-0.15, -0.1) is 11.3 Å². The minimum absolute atomic E-state index is 0.178. The van der Waals surface area contributed by atoms with Gasteiger partial charge in [0.1, 0.15) is 10.6 Å². The van der Waals surface area contributed by atoms with E-state index in [9.17, 15) is 0 Å². The lowest BCUT2D eigenvalue weighted by molar-refractivity contribution is -0.0117. The first-order valence-corrected chi connectivity index (χ1v) is 8.35. The van der Waals surface area contributed by atoms with Gasteiger partial charge in [-0.2, -0.15) is 0 Å². The van der Waals surface area contributed by atoms with Crippen molar-refractivity contribution in [1.29, 1.82) is 0 Å². The lowest BCUT2D eigenvalue weighted by Crippen LogP contribution is -2.43. The molecule has 0 aliphatic carbocycles. The number of hydrogen-bond acceptors (Lipinski definition) is 6. The van der Waals surface area contributed by atoms with Gasteiger partial charge in [0.05, 0.1) is 18.1 Å². The zero-order chi connectivity index (χ0) is 14.8. The van der Waals surface area contributed by atoms with Crippen LogP contribution in [0.5, 0.6) is 0 Å². The van der Waals surface area contributed by atoms with Gasteiger partial charge in [-0.3, -0.25) is 0 Å². The van der Waals surface area contributed by atoms with Gasteiger partial charge in [0, 0.05) is 24.5 Å². The smallest absolute Gasteiger partial charge is 0.225 e. The molecule has 3 rings (SSSR count). The van der Waals surface area contributed by atoms with Crippen molar-refractivity contribution in [2.24, 2.45) is 0 Å². The molecule has 1 fully saturated rings. The fourth-order valence-electron chi connectivity index (χ4n) is 2.46. The van der Waals surface area contributed by atoms with Gasteiger partial charge in [-0.25, -0.2) is 9.97 Å². The SMILES string of the molecule is CCc1cc2c(NCC3CN(C)CCO3)nc(Cl)nc2s1. The Morgan fingerprint density at radius 3 is 3.14 bits per heavy atom. The highest BCUT2D eigenvalue weighted by molar-refractivity contribution is 7.18. The van der Waals surface area contributed by atoms with Gasteiger partial charge >= 0.3 is 0 Å². The maximum absolute atomic E-state index is 6.03. The van der Waals surface area contributed by atoms with E-state index in [-0.39, 0.29) is 11.4 Å². The molecule has 2 aromatic rings. The summed E-state index contributed by atoms with van der Waals surface area (Å²) in [6, 6.07) is 2.15. The van der Waals surface area contributed by atoms with Crippen molar-refractivity contribution in [3.63, 3.8) is 0 Å². The van der Waals surface area contributed by atoms with Crippen LogP contribution < -0.4 is 5.32 Å². The Hall–Kier alpha value is -0.950. The van der Waals surface area contributed by atoms with Crippen molar-refractivity contribution in [3.05, 3.63) is 16.2 Å². The first-order chi connectivity index (χ1) is 10.2. The maximum Gasteiger partial charge on any atom is 0.225 e. The fourth-order valence-corrected chi connectivity index (χ4v) is 3.64. The van der Waals surface area contributed by atoms with Gasteiger partial charge in [0.25, 0.3) is 0 Å². The van der Waals surface area contributed by atoms with Gasteiger partial charge in [-0.05, 0) is 31.1 Å². The Bertz CT molecular complexity index is 633. The molecule has 0 bridgehead atoms. The number of fused-ring (bicyclic) bond motifs is 1. The van der Waals surface area contributed by atoms with Crippen LogP contribution in [0.1, 0.15) is 11.8 Å². The number of hydrogen-bond donors (Lipinski definition) is 1. The summed E-state index contributed by atoms with van der Waals surface area (Å²) in [7, 11) is 2.11. The predicted octanol–water partition coefficient (Wildman–Crippen LogP) is 2.65. The fraction of sp³-hybridized carbons (Fsp3) is 0.571. The third kappa shape index (κ3) is 3.45. The van der Waals surface area contributed by atoms with Crippen molar-refractivity contribution in [1.82, 2.24) is 14.9 Å². The number of thiophene rings is 1. The Morgan fingerprint density at radius 1 is 1.52 bits per heavy atom. The lowest BCUT2D eigenvalue weighted by Gasteiger charge is -2.30. The summed E-state index contributed by atoms with van der Waals surface area (Å²) in [5.41, 5.74) is 0. The van der Waals surface area contributed by atoms with E-state index in [0.29, 0.717) is 0 Å². The molecule has 3 heterocycles. The van der Waals surface area contributed by atoms with Crippen LogP contribution in [0.3, 0.4) is 0 Å². The van der Waals surface area contributed by atoms with E-state index in [1.165, 1.54) is 4.88 Å². The topological polar surface area (TPSA) is 50.3 Å². The molecular formula is C14H19ClN4OS. The summed E-state index contributed by atoms with van der Waals surface area (Å²) in [4.78, 5) is 13.1. The average molecular weight is 327 g/mol. The summed E-state index contributed by atoms with van der Waals surface area (Å²) in [6.07, 6.45) is 1.17. The van der Waals surface area contributed by atoms with Crippen molar-refractivity contribution in [3.8, 4) is 0 Å². The van der Waals surface area contributed by atoms with E-state index < -0.39 is 0 Å². The second-order valence-electron chi connectivity index (χ2n) is 5.26.